The predicted molar refractivity (Wildman–Crippen MR) is 154 cm³/mol. The fourth-order valence-corrected chi connectivity index (χ4v) is 5.65. The molecule has 10 heteroatoms. The molecule has 0 aliphatic rings. The molecular formula is C28H31BrClN3O4S. The maximum absolute atomic E-state index is 13.9. The highest BCUT2D eigenvalue weighted by Crippen LogP contribution is 2.26. The Bertz CT molecular complexity index is 1350. The van der Waals surface area contributed by atoms with E-state index in [0.29, 0.717) is 10.7 Å². The fraction of sp³-hybridized carbons (Fsp3) is 0.286. The second-order valence-electron chi connectivity index (χ2n) is 8.95. The molecule has 3 rings (SSSR count). The molecule has 0 spiro atoms. The second-order valence-corrected chi connectivity index (χ2v) is 12.2. The molecule has 0 bridgehead atoms. The summed E-state index contributed by atoms with van der Waals surface area (Å²) in [4.78, 5) is 28.4. The van der Waals surface area contributed by atoms with Crippen LogP contribution in [0.3, 0.4) is 0 Å². The third kappa shape index (κ3) is 7.58. The summed E-state index contributed by atoms with van der Waals surface area (Å²) >= 11 is 9.54. The van der Waals surface area contributed by atoms with Gasteiger partial charge in [0, 0.05) is 22.1 Å². The van der Waals surface area contributed by atoms with Crippen LogP contribution in [0.2, 0.25) is 5.02 Å². The SMILES string of the molecule is CC[C@@H](C)NC(=O)[C@H](C)N(Cc1cccc(Cl)c1)C(=O)CN(c1ccc(Br)cc1)S(=O)(=O)c1ccccc1. The van der Waals surface area contributed by atoms with Gasteiger partial charge < -0.3 is 10.2 Å². The lowest BCUT2D eigenvalue weighted by atomic mass is 10.1. The van der Waals surface area contributed by atoms with Gasteiger partial charge in [0.25, 0.3) is 10.0 Å². The number of hydrogen-bond donors (Lipinski definition) is 1. The third-order valence-electron chi connectivity index (χ3n) is 6.13. The highest BCUT2D eigenvalue weighted by molar-refractivity contribution is 9.10. The van der Waals surface area contributed by atoms with Crippen LogP contribution in [0.4, 0.5) is 5.69 Å². The minimum Gasteiger partial charge on any atom is -0.352 e. The van der Waals surface area contributed by atoms with Crippen molar-refractivity contribution in [1.29, 1.82) is 0 Å². The van der Waals surface area contributed by atoms with Crippen molar-refractivity contribution < 1.29 is 18.0 Å². The molecule has 0 saturated heterocycles. The standard InChI is InChI=1S/C28H31BrClN3O4S/c1-4-20(2)31-28(35)21(3)32(18-22-9-8-10-24(30)17-22)27(34)19-33(25-15-13-23(29)14-16-25)38(36,37)26-11-6-5-7-12-26/h5-17,20-21H,4,18-19H2,1-3H3,(H,31,35)/t20-,21+/m1/s1. The van der Waals surface area contributed by atoms with Crippen molar-refractivity contribution in [1.82, 2.24) is 10.2 Å². The van der Waals surface area contributed by atoms with E-state index in [-0.39, 0.29) is 23.4 Å². The van der Waals surface area contributed by atoms with E-state index in [9.17, 15) is 18.0 Å². The molecule has 3 aromatic rings. The summed E-state index contributed by atoms with van der Waals surface area (Å²) in [5, 5.41) is 3.41. The van der Waals surface area contributed by atoms with Crippen LogP contribution in [0.25, 0.3) is 0 Å². The van der Waals surface area contributed by atoms with Gasteiger partial charge in [-0.15, -0.1) is 0 Å². The van der Waals surface area contributed by atoms with E-state index in [4.69, 9.17) is 11.6 Å². The Kier molecular flexibility index (Phi) is 10.4. The molecule has 202 valence electrons. The lowest BCUT2D eigenvalue weighted by Crippen LogP contribution is -2.52. The highest BCUT2D eigenvalue weighted by atomic mass is 79.9. The molecule has 2 amide bonds. The van der Waals surface area contributed by atoms with E-state index in [1.54, 1.807) is 73.7 Å². The largest absolute Gasteiger partial charge is 0.352 e. The summed E-state index contributed by atoms with van der Waals surface area (Å²) in [5.74, 6) is -0.852. The Morgan fingerprint density at radius 1 is 0.974 bits per heavy atom. The van der Waals surface area contributed by atoms with Crippen molar-refractivity contribution >= 4 is 55.1 Å². The minimum atomic E-state index is -4.10. The van der Waals surface area contributed by atoms with Crippen molar-refractivity contribution in [3.63, 3.8) is 0 Å². The van der Waals surface area contributed by atoms with Crippen molar-refractivity contribution in [3.05, 3.63) is 93.9 Å². The van der Waals surface area contributed by atoms with Crippen LogP contribution in [0.1, 0.15) is 32.8 Å². The summed E-state index contributed by atoms with van der Waals surface area (Å²) in [6.45, 7) is 5.05. The average molecular weight is 621 g/mol. The summed E-state index contributed by atoms with van der Waals surface area (Å²) in [6.07, 6.45) is 0.730. The molecule has 0 aromatic heterocycles. The first-order chi connectivity index (χ1) is 18.0. The van der Waals surface area contributed by atoms with E-state index >= 15 is 0 Å². The van der Waals surface area contributed by atoms with E-state index in [0.717, 1.165) is 20.8 Å². The summed E-state index contributed by atoms with van der Waals surface area (Å²) in [7, 11) is -4.10. The first-order valence-corrected chi connectivity index (χ1v) is 14.8. The molecule has 0 radical (unpaired) electrons. The fourth-order valence-electron chi connectivity index (χ4n) is 3.74. The summed E-state index contributed by atoms with van der Waals surface area (Å²) in [6, 6.07) is 20.7. The van der Waals surface area contributed by atoms with Crippen LogP contribution in [-0.2, 0) is 26.2 Å². The van der Waals surface area contributed by atoms with E-state index in [1.165, 1.54) is 17.0 Å². The van der Waals surface area contributed by atoms with Crippen LogP contribution in [0, 0.1) is 0 Å². The first kappa shape index (κ1) is 29.7. The minimum absolute atomic E-state index is 0.0553. The van der Waals surface area contributed by atoms with Crippen LogP contribution in [0.5, 0.6) is 0 Å². The molecule has 0 aliphatic carbocycles. The molecule has 2 atom stereocenters. The van der Waals surface area contributed by atoms with E-state index < -0.39 is 28.5 Å². The zero-order valence-corrected chi connectivity index (χ0v) is 24.6. The van der Waals surface area contributed by atoms with Gasteiger partial charge in [0.2, 0.25) is 11.8 Å². The lowest BCUT2D eigenvalue weighted by Gasteiger charge is -2.32. The first-order valence-electron chi connectivity index (χ1n) is 12.2. The van der Waals surface area contributed by atoms with Gasteiger partial charge in [-0.3, -0.25) is 13.9 Å². The number of amides is 2. The number of carbonyl (C=O) groups is 2. The van der Waals surface area contributed by atoms with Crippen LogP contribution in [0.15, 0.2) is 88.2 Å². The van der Waals surface area contributed by atoms with Gasteiger partial charge in [-0.1, -0.05) is 64.8 Å². The number of sulfonamides is 1. The maximum atomic E-state index is 13.9. The number of benzene rings is 3. The Morgan fingerprint density at radius 2 is 1.63 bits per heavy atom. The predicted octanol–water partition coefficient (Wildman–Crippen LogP) is 5.63. The molecule has 1 N–H and O–H groups in total. The Labute approximate surface area is 238 Å². The van der Waals surface area contributed by atoms with Crippen molar-refractivity contribution in [2.45, 2.75) is 50.7 Å². The summed E-state index contributed by atoms with van der Waals surface area (Å²) in [5.41, 5.74) is 1.04. The number of rotatable bonds is 11. The van der Waals surface area contributed by atoms with Gasteiger partial charge in [-0.05, 0) is 74.4 Å². The number of nitrogens with zero attached hydrogens (tertiary/aromatic N) is 2. The maximum Gasteiger partial charge on any atom is 0.264 e. The molecule has 0 aliphatic heterocycles. The Morgan fingerprint density at radius 3 is 2.24 bits per heavy atom. The molecular weight excluding hydrogens is 590 g/mol. The molecule has 3 aromatic carbocycles. The second kappa shape index (κ2) is 13.3. The van der Waals surface area contributed by atoms with Crippen molar-refractivity contribution in [3.8, 4) is 0 Å². The number of halogens is 2. The quantitative estimate of drug-likeness (QED) is 0.301. The number of hydrogen-bond acceptors (Lipinski definition) is 4. The number of carbonyl (C=O) groups excluding carboxylic acids is 2. The monoisotopic (exact) mass is 619 g/mol. The lowest BCUT2D eigenvalue weighted by molar-refractivity contribution is -0.139. The highest BCUT2D eigenvalue weighted by Gasteiger charge is 2.32. The number of anilines is 1. The average Bonchev–Trinajstić information content (AvgIpc) is 2.90. The normalized spacial score (nSPS) is 12.9. The Hall–Kier alpha value is -2.88. The summed E-state index contributed by atoms with van der Waals surface area (Å²) < 4.78 is 29.3. The van der Waals surface area contributed by atoms with Gasteiger partial charge in [0.05, 0.1) is 10.6 Å². The molecule has 38 heavy (non-hydrogen) atoms. The van der Waals surface area contributed by atoms with E-state index in [2.05, 4.69) is 21.2 Å². The number of nitrogens with one attached hydrogen (secondary N) is 1. The van der Waals surface area contributed by atoms with Crippen molar-refractivity contribution in [2.75, 3.05) is 10.8 Å². The smallest absolute Gasteiger partial charge is 0.264 e. The van der Waals surface area contributed by atoms with Gasteiger partial charge in [0.15, 0.2) is 0 Å². The molecule has 0 fully saturated rings. The molecule has 0 heterocycles. The van der Waals surface area contributed by atoms with Gasteiger partial charge in [-0.25, -0.2) is 8.42 Å². The van der Waals surface area contributed by atoms with Gasteiger partial charge in [0.1, 0.15) is 12.6 Å². The zero-order chi connectivity index (χ0) is 27.9. The topological polar surface area (TPSA) is 86.8 Å². The third-order valence-corrected chi connectivity index (χ3v) is 8.69. The van der Waals surface area contributed by atoms with Crippen molar-refractivity contribution in [2.24, 2.45) is 0 Å². The van der Waals surface area contributed by atoms with E-state index in [1.807, 2.05) is 13.8 Å². The van der Waals surface area contributed by atoms with Crippen LogP contribution in [-0.4, -0.2) is 43.8 Å². The molecule has 0 unspecified atom stereocenters. The molecule has 0 saturated carbocycles. The van der Waals surface area contributed by atoms with Gasteiger partial charge in [-0.2, -0.15) is 0 Å². The zero-order valence-electron chi connectivity index (χ0n) is 21.5. The van der Waals surface area contributed by atoms with Crippen LogP contribution < -0.4 is 9.62 Å². The van der Waals surface area contributed by atoms with Gasteiger partial charge >= 0.3 is 0 Å². The Balaban J connectivity index is 2.01. The van der Waals surface area contributed by atoms with Crippen LogP contribution >= 0.6 is 27.5 Å². The molecule has 7 nitrogen and oxygen atoms in total.